The maximum Gasteiger partial charge on any atom is 0.277 e. The van der Waals surface area contributed by atoms with E-state index in [1.807, 2.05) is 6.92 Å². The van der Waals surface area contributed by atoms with Crippen molar-refractivity contribution >= 4 is 27.5 Å². The molecule has 1 heterocycles. The summed E-state index contributed by atoms with van der Waals surface area (Å²) >= 11 is 3.30. The van der Waals surface area contributed by atoms with Crippen molar-refractivity contribution in [2.45, 2.75) is 6.92 Å². The molecule has 2 aromatic rings. The summed E-state index contributed by atoms with van der Waals surface area (Å²) in [5.41, 5.74) is 1.20. The molecular formula is C12H11BrFN3O. The van der Waals surface area contributed by atoms with Crippen molar-refractivity contribution in [3.63, 3.8) is 0 Å². The van der Waals surface area contributed by atoms with Crippen LogP contribution in [-0.2, 0) is 7.05 Å². The Bertz CT molecular complexity index is 609. The first kappa shape index (κ1) is 12.8. The molecule has 2 rings (SSSR count). The highest BCUT2D eigenvalue weighted by atomic mass is 79.9. The van der Waals surface area contributed by atoms with Gasteiger partial charge >= 0.3 is 0 Å². The molecule has 0 fully saturated rings. The molecule has 0 saturated carbocycles. The lowest BCUT2D eigenvalue weighted by Crippen LogP contribution is -2.14. The molecule has 0 aliphatic rings. The number of anilines is 1. The number of aromatic nitrogens is 2. The third-order valence-electron chi connectivity index (χ3n) is 2.60. The van der Waals surface area contributed by atoms with E-state index in [4.69, 9.17) is 0 Å². The molecule has 0 bridgehead atoms. The smallest absolute Gasteiger partial charge is 0.277 e. The molecule has 0 atom stereocenters. The molecule has 94 valence electrons. The van der Waals surface area contributed by atoms with E-state index in [0.717, 1.165) is 5.69 Å². The Labute approximate surface area is 112 Å². The number of halogens is 2. The zero-order chi connectivity index (χ0) is 13.3. The molecule has 0 aliphatic heterocycles. The van der Waals surface area contributed by atoms with Crippen molar-refractivity contribution in [2.75, 3.05) is 5.32 Å². The number of carbonyl (C=O) groups is 1. The normalized spacial score (nSPS) is 10.4. The van der Waals surface area contributed by atoms with E-state index >= 15 is 0 Å². The fraction of sp³-hybridized carbons (Fsp3) is 0.167. The second-order valence-corrected chi connectivity index (χ2v) is 4.60. The van der Waals surface area contributed by atoms with Crippen LogP contribution in [0.15, 0.2) is 28.7 Å². The van der Waals surface area contributed by atoms with E-state index in [2.05, 4.69) is 26.3 Å². The molecule has 0 spiro atoms. The number of hydrogen-bond donors (Lipinski definition) is 1. The van der Waals surface area contributed by atoms with Gasteiger partial charge in [-0.25, -0.2) is 4.39 Å². The molecule has 1 N–H and O–H groups in total. The molecule has 0 aliphatic carbocycles. The zero-order valence-corrected chi connectivity index (χ0v) is 11.5. The molecule has 1 amide bonds. The summed E-state index contributed by atoms with van der Waals surface area (Å²) in [4.78, 5) is 12.0. The number of para-hydroxylation sites is 1. The molecule has 0 saturated heterocycles. The Kier molecular flexibility index (Phi) is 3.47. The van der Waals surface area contributed by atoms with Crippen LogP contribution in [0.3, 0.4) is 0 Å². The Morgan fingerprint density at radius 3 is 2.67 bits per heavy atom. The predicted octanol–water partition coefficient (Wildman–Crippen LogP) is 2.88. The van der Waals surface area contributed by atoms with Crippen LogP contribution >= 0.6 is 15.9 Å². The number of nitrogens with zero attached hydrogens (tertiary/aromatic N) is 2. The Balaban J connectivity index is 2.28. The third-order valence-corrected chi connectivity index (χ3v) is 3.55. The van der Waals surface area contributed by atoms with Gasteiger partial charge < -0.3 is 5.32 Å². The van der Waals surface area contributed by atoms with Crippen molar-refractivity contribution in [3.8, 4) is 0 Å². The van der Waals surface area contributed by atoms with Gasteiger partial charge in [0.1, 0.15) is 5.82 Å². The monoisotopic (exact) mass is 311 g/mol. The van der Waals surface area contributed by atoms with Gasteiger partial charge in [0, 0.05) is 7.05 Å². The fourth-order valence-corrected chi connectivity index (χ4v) is 1.99. The van der Waals surface area contributed by atoms with Gasteiger partial charge in [0.05, 0.1) is 15.9 Å². The maximum atomic E-state index is 13.4. The summed E-state index contributed by atoms with van der Waals surface area (Å²) < 4.78 is 15.6. The van der Waals surface area contributed by atoms with Gasteiger partial charge in [-0.3, -0.25) is 9.48 Å². The summed E-state index contributed by atoms with van der Waals surface area (Å²) in [6, 6.07) is 5.99. The number of aryl methyl sites for hydroxylation is 1. The number of carbonyl (C=O) groups excluding carboxylic acids is 1. The van der Waals surface area contributed by atoms with Crippen LogP contribution < -0.4 is 5.32 Å². The SMILES string of the molecule is Cc1c(Br)c(C(=O)Nc2ccccc2F)nn1C. The van der Waals surface area contributed by atoms with Crippen molar-refractivity contribution < 1.29 is 9.18 Å². The number of benzene rings is 1. The standard InChI is InChI=1S/C12H11BrFN3O/c1-7-10(13)11(16-17(7)2)12(18)15-9-6-4-3-5-8(9)14/h3-6H,1-2H3,(H,15,18). The summed E-state index contributed by atoms with van der Waals surface area (Å²) in [6.07, 6.45) is 0. The van der Waals surface area contributed by atoms with E-state index in [0.29, 0.717) is 4.47 Å². The van der Waals surface area contributed by atoms with E-state index < -0.39 is 11.7 Å². The van der Waals surface area contributed by atoms with E-state index in [1.165, 1.54) is 12.1 Å². The van der Waals surface area contributed by atoms with Gasteiger partial charge in [-0.1, -0.05) is 12.1 Å². The number of nitrogens with one attached hydrogen (secondary N) is 1. The minimum atomic E-state index is -0.477. The molecular weight excluding hydrogens is 301 g/mol. The zero-order valence-electron chi connectivity index (χ0n) is 9.87. The molecule has 4 nitrogen and oxygen atoms in total. The van der Waals surface area contributed by atoms with Gasteiger partial charge in [-0.2, -0.15) is 5.10 Å². The number of rotatable bonds is 2. The summed E-state index contributed by atoms with van der Waals surface area (Å²) in [7, 11) is 1.74. The van der Waals surface area contributed by atoms with Gasteiger partial charge in [0.25, 0.3) is 5.91 Å². The summed E-state index contributed by atoms with van der Waals surface area (Å²) in [6.45, 7) is 1.83. The van der Waals surface area contributed by atoms with Crippen LogP contribution in [0.4, 0.5) is 10.1 Å². The van der Waals surface area contributed by atoms with Gasteiger partial charge in [0.2, 0.25) is 0 Å². The molecule has 1 aromatic heterocycles. The first-order valence-electron chi connectivity index (χ1n) is 5.25. The third kappa shape index (κ3) is 2.28. The van der Waals surface area contributed by atoms with E-state index in [1.54, 1.807) is 23.9 Å². The minimum absolute atomic E-state index is 0.137. The maximum absolute atomic E-state index is 13.4. The molecule has 0 unspecified atom stereocenters. The second kappa shape index (κ2) is 4.89. The molecule has 6 heteroatoms. The van der Waals surface area contributed by atoms with Crippen LogP contribution in [0.5, 0.6) is 0 Å². The van der Waals surface area contributed by atoms with Crippen molar-refractivity contribution in [3.05, 3.63) is 45.9 Å². The quantitative estimate of drug-likeness (QED) is 0.927. The lowest BCUT2D eigenvalue weighted by atomic mass is 10.3. The Morgan fingerprint density at radius 2 is 2.11 bits per heavy atom. The lowest BCUT2D eigenvalue weighted by Gasteiger charge is -2.04. The average Bonchev–Trinajstić information content (AvgIpc) is 2.60. The summed E-state index contributed by atoms with van der Waals surface area (Å²) in [5, 5.41) is 6.56. The summed E-state index contributed by atoms with van der Waals surface area (Å²) in [5.74, 6) is -0.926. The van der Waals surface area contributed by atoms with Crippen LogP contribution in [0.25, 0.3) is 0 Å². The van der Waals surface area contributed by atoms with E-state index in [9.17, 15) is 9.18 Å². The Morgan fingerprint density at radius 1 is 1.44 bits per heavy atom. The lowest BCUT2D eigenvalue weighted by molar-refractivity contribution is 0.102. The number of amides is 1. The van der Waals surface area contributed by atoms with Gasteiger partial charge in [0.15, 0.2) is 5.69 Å². The predicted molar refractivity (Wildman–Crippen MR) is 70.0 cm³/mol. The van der Waals surface area contributed by atoms with Crippen molar-refractivity contribution in [2.24, 2.45) is 7.05 Å². The minimum Gasteiger partial charge on any atom is -0.318 e. The van der Waals surface area contributed by atoms with Crippen molar-refractivity contribution in [1.82, 2.24) is 9.78 Å². The van der Waals surface area contributed by atoms with Crippen LogP contribution in [0.1, 0.15) is 16.2 Å². The highest BCUT2D eigenvalue weighted by molar-refractivity contribution is 9.10. The highest BCUT2D eigenvalue weighted by Gasteiger charge is 2.18. The largest absolute Gasteiger partial charge is 0.318 e. The highest BCUT2D eigenvalue weighted by Crippen LogP contribution is 2.21. The first-order valence-corrected chi connectivity index (χ1v) is 6.05. The number of hydrogen-bond acceptors (Lipinski definition) is 2. The van der Waals surface area contributed by atoms with Gasteiger partial charge in [-0.05, 0) is 35.0 Å². The average molecular weight is 312 g/mol. The first-order chi connectivity index (χ1) is 8.50. The fourth-order valence-electron chi connectivity index (χ4n) is 1.47. The van der Waals surface area contributed by atoms with Gasteiger partial charge in [-0.15, -0.1) is 0 Å². The topological polar surface area (TPSA) is 46.9 Å². The second-order valence-electron chi connectivity index (χ2n) is 3.81. The van der Waals surface area contributed by atoms with Crippen LogP contribution in [0, 0.1) is 12.7 Å². The Hall–Kier alpha value is -1.69. The van der Waals surface area contributed by atoms with E-state index in [-0.39, 0.29) is 11.4 Å². The molecule has 18 heavy (non-hydrogen) atoms. The van der Waals surface area contributed by atoms with Crippen LogP contribution in [-0.4, -0.2) is 15.7 Å². The molecule has 0 radical (unpaired) electrons. The van der Waals surface area contributed by atoms with Crippen molar-refractivity contribution in [1.29, 1.82) is 0 Å². The van der Waals surface area contributed by atoms with Crippen LogP contribution in [0.2, 0.25) is 0 Å². The molecule has 1 aromatic carbocycles.